The SMILES string of the molecule is CC[C@H](C)[C@H](N)C(=O)N[C@@H](CCCCN)C(=O)N[C@@H](CCCCN)C(=O)N[C@@H](CC(N)=O)C(=O)N[C@@H](CC(=O)O)C(=O)N[C@@H](CC(C)C)C(=O)N[C@@H](CCCCN)C(=O)N[C@@H](CCCCN)C(=O)N[C@@H](CO)C(=O)N[C@@H](CC(N)=O)C(=O)O. The van der Waals surface area contributed by atoms with Gasteiger partial charge in [-0.15, -0.1) is 0 Å². The van der Waals surface area contributed by atoms with Crippen molar-refractivity contribution in [3.8, 4) is 0 Å². The van der Waals surface area contributed by atoms with Gasteiger partial charge in [0, 0.05) is 0 Å². The number of carboxylic acid groups (broad SMARTS) is 2. The number of hydrogen-bond acceptors (Lipinski definition) is 19. The number of carboxylic acids is 2. The van der Waals surface area contributed by atoms with Gasteiger partial charge in [-0.1, -0.05) is 34.1 Å². The summed E-state index contributed by atoms with van der Waals surface area (Å²) in [6.45, 7) is 6.73. The van der Waals surface area contributed by atoms with Crippen LogP contribution in [0.2, 0.25) is 0 Å². The van der Waals surface area contributed by atoms with Gasteiger partial charge >= 0.3 is 11.9 Å². The third-order valence-corrected chi connectivity index (χ3v) is 13.1. The first kappa shape index (κ1) is 75.9. The minimum Gasteiger partial charge on any atom is -0.481 e. The fourth-order valence-corrected chi connectivity index (χ4v) is 8.10. The Morgan fingerprint density at radius 1 is 0.386 bits per heavy atom. The van der Waals surface area contributed by atoms with Crippen LogP contribution in [-0.4, -0.2) is 185 Å². The summed E-state index contributed by atoms with van der Waals surface area (Å²) in [7, 11) is 0. The van der Waals surface area contributed by atoms with E-state index >= 15 is 0 Å². The predicted octanol–water partition coefficient (Wildman–Crippen LogP) is -6.41. The molecular weight excluding hydrogens is 1090 g/mol. The van der Waals surface area contributed by atoms with Gasteiger partial charge in [0.05, 0.1) is 31.9 Å². The Morgan fingerprint density at radius 2 is 0.663 bits per heavy atom. The van der Waals surface area contributed by atoms with Crippen molar-refractivity contribution in [1.82, 2.24) is 47.9 Å². The number of hydrogen-bond donors (Lipinski definition) is 19. The van der Waals surface area contributed by atoms with E-state index in [9.17, 15) is 77.6 Å². The number of amides is 11. The number of aliphatic hydroxyl groups excluding tert-OH is 1. The zero-order valence-corrected chi connectivity index (χ0v) is 48.2. The monoisotopic (exact) mass is 1190 g/mol. The lowest BCUT2D eigenvalue weighted by atomic mass is 9.98. The highest BCUT2D eigenvalue weighted by molar-refractivity contribution is 6.00. The normalized spacial score (nSPS) is 15.1. The van der Waals surface area contributed by atoms with Crippen molar-refractivity contribution in [2.45, 2.75) is 197 Å². The number of nitrogens with two attached hydrogens (primary N) is 7. The van der Waals surface area contributed by atoms with Crippen molar-refractivity contribution in [1.29, 1.82) is 0 Å². The average Bonchev–Trinajstić information content (AvgIpc) is 3.48. The van der Waals surface area contributed by atoms with E-state index in [0.29, 0.717) is 38.5 Å². The van der Waals surface area contributed by atoms with Crippen LogP contribution in [0.15, 0.2) is 0 Å². The molecule has 0 aromatic carbocycles. The molecule has 0 bridgehead atoms. The quantitative estimate of drug-likeness (QED) is 0.0252. The standard InChI is InChI=1S/C51H94N16O16/c1-5-28(4)41(58)50(81)62-32(17-9-13-21-55)43(74)59-30(15-7-11-19-53)44(75)64-34(23-38(56)69)47(78)65-35(25-40(71)72)48(79)63-33(22-27(2)3)46(77)61-29(14-6-10-18-52)42(73)60-31(16-8-12-20-54)45(76)67-37(26-68)49(80)66-36(51(82)83)24-39(57)70/h27-37,41,68H,5-26,52-55,58H2,1-4H3,(H2,56,69)(H2,57,70)(H,59,74)(H,60,73)(H,61,77)(H,62,81)(H,63,79)(H,64,75)(H,65,78)(H,66,80)(H,67,76)(H,71,72)(H,82,83)/t28-,29-,30-,31-,32-,33-,34-,35-,36-,37-,41-/m0/s1. The first-order valence-corrected chi connectivity index (χ1v) is 28.0. The molecule has 474 valence electrons. The van der Waals surface area contributed by atoms with Gasteiger partial charge in [0.25, 0.3) is 0 Å². The largest absolute Gasteiger partial charge is 0.481 e. The molecule has 0 rings (SSSR count). The number of carbonyl (C=O) groups is 13. The molecule has 0 aliphatic rings. The Kier molecular flexibility index (Phi) is 38.2. The topological polar surface area (TPSA) is 573 Å². The van der Waals surface area contributed by atoms with Crippen LogP contribution < -0.4 is 88.0 Å². The molecule has 0 heterocycles. The van der Waals surface area contributed by atoms with E-state index in [1.54, 1.807) is 20.8 Å². The molecule has 0 aromatic rings. The van der Waals surface area contributed by atoms with E-state index in [-0.39, 0.29) is 89.4 Å². The zero-order valence-electron chi connectivity index (χ0n) is 48.2. The average molecular weight is 1190 g/mol. The summed E-state index contributed by atoms with van der Waals surface area (Å²) in [5.74, 6) is -15.1. The number of rotatable bonds is 46. The van der Waals surface area contributed by atoms with Crippen LogP contribution in [0.3, 0.4) is 0 Å². The van der Waals surface area contributed by atoms with Crippen LogP contribution in [0.5, 0.6) is 0 Å². The zero-order chi connectivity index (χ0) is 63.4. The van der Waals surface area contributed by atoms with Crippen LogP contribution in [0.4, 0.5) is 0 Å². The molecule has 0 saturated carbocycles. The molecule has 0 aromatic heterocycles. The van der Waals surface area contributed by atoms with Crippen molar-refractivity contribution in [3.05, 3.63) is 0 Å². The van der Waals surface area contributed by atoms with E-state index in [1.165, 1.54) is 0 Å². The van der Waals surface area contributed by atoms with E-state index < -0.39 is 163 Å². The lowest BCUT2D eigenvalue weighted by Crippen LogP contribution is -2.61. The molecule has 32 heteroatoms. The van der Waals surface area contributed by atoms with E-state index in [4.69, 9.17) is 40.1 Å². The van der Waals surface area contributed by atoms with Crippen LogP contribution in [0.1, 0.15) is 137 Å². The Morgan fingerprint density at radius 3 is 0.976 bits per heavy atom. The predicted molar refractivity (Wildman–Crippen MR) is 300 cm³/mol. The number of aliphatic carboxylic acids is 2. The number of unbranched alkanes of at least 4 members (excludes halogenated alkanes) is 4. The minimum absolute atomic E-state index is 0.0516. The summed E-state index contributed by atoms with van der Waals surface area (Å²) in [6, 6.07) is -15.4. The molecule has 0 radical (unpaired) electrons. The van der Waals surface area contributed by atoms with Gasteiger partial charge in [-0.25, -0.2) is 4.79 Å². The number of carbonyl (C=O) groups excluding carboxylic acids is 11. The van der Waals surface area contributed by atoms with Crippen molar-refractivity contribution >= 4 is 76.9 Å². The molecule has 11 atom stereocenters. The molecule has 0 unspecified atom stereocenters. The van der Waals surface area contributed by atoms with E-state index in [1.807, 2.05) is 12.2 Å². The van der Waals surface area contributed by atoms with Crippen molar-refractivity contribution in [3.63, 3.8) is 0 Å². The second kappa shape index (κ2) is 41.8. The maximum Gasteiger partial charge on any atom is 0.326 e. The number of nitrogens with one attached hydrogen (secondary N) is 9. The molecule has 0 aliphatic carbocycles. The maximum atomic E-state index is 14.2. The highest BCUT2D eigenvalue weighted by Gasteiger charge is 2.37. The smallest absolute Gasteiger partial charge is 0.326 e. The van der Waals surface area contributed by atoms with Gasteiger partial charge < -0.3 is 103 Å². The van der Waals surface area contributed by atoms with E-state index in [2.05, 4.69) is 42.5 Å². The van der Waals surface area contributed by atoms with Crippen LogP contribution in [0, 0.1) is 11.8 Å². The summed E-state index contributed by atoms with van der Waals surface area (Å²) in [6.07, 6.45) is 0.247. The Bertz CT molecular complexity index is 2140. The molecule has 83 heavy (non-hydrogen) atoms. The third kappa shape index (κ3) is 31.2. The fourth-order valence-electron chi connectivity index (χ4n) is 8.10. The van der Waals surface area contributed by atoms with E-state index in [0.717, 1.165) is 0 Å². The van der Waals surface area contributed by atoms with Crippen molar-refractivity contribution in [2.24, 2.45) is 52.0 Å². The molecule has 0 saturated heterocycles. The lowest BCUT2D eigenvalue weighted by Gasteiger charge is -2.28. The summed E-state index contributed by atoms with van der Waals surface area (Å²) >= 11 is 0. The third-order valence-electron chi connectivity index (χ3n) is 13.1. The van der Waals surface area contributed by atoms with Gasteiger partial charge in [-0.05, 0) is 121 Å². The van der Waals surface area contributed by atoms with Gasteiger partial charge in [0.15, 0.2) is 0 Å². The fraction of sp³-hybridized carbons (Fsp3) is 0.745. The van der Waals surface area contributed by atoms with Gasteiger partial charge in [0.1, 0.15) is 54.4 Å². The van der Waals surface area contributed by atoms with Gasteiger partial charge in [0.2, 0.25) is 65.0 Å². The minimum atomic E-state index is -1.99. The molecule has 0 spiro atoms. The van der Waals surface area contributed by atoms with Crippen molar-refractivity contribution in [2.75, 3.05) is 32.8 Å². The number of primary amides is 2. The lowest BCUT2D eigenvalue weighted by molar-refractivity contribution is -0.144. The van der Waals surface area contributed by atoms with Crippen LogP contribution >= 0.6 is 0 Å². The van der Waals surface area contributed by atoms with Crippen LogP contribution in [0.25, 0.3) is 0 Å². The molecule has 32 nitrogen and oxygen atoms in total. The highest BCUT2D eigenvalue weighted by atomic mass is 16.4. The Hall–Kier alpha value is -7.13. The Balaban J connectivity index is 6.88. The molecule has 11 amide bonds. The second-order valence-corrected chi connectivity index (χ2v) is 20.7. The molecular formula is C51H94N16O16. The Labute approximate surface area is 483 Å². The molecule has 0 aliphatic heterocycles. The molecule has 0 fully saturated rings. The highest BCUT2D eigenvalue weighted by Crippen LogP contribution is 2.13. The number of aliphatic hydroxyl groups is 1. The second-order valence-electron chi connectivity index (χ2n) is 20.7. The van der Waals surface area contributed by atoms with Gasteiger partial charge in [-0.2, -0.15) is 0 Å². The molecule has 26 N–H and O–H groups in total. The first-order valence-electron chi connectivity index (χ1n) is 28.0. The first-order chi connectivity index (χ1) is 39.1. The summed E-state index contributed by atoms with van der Waals surface area (Å²) in [4.78, 5) is 171. The van der Waals surface area contributed by atoms with Gasteiger partial charge in [-0.3, -0.25) is 57.5 Å². The summed E-state index contributed by atoms with van der Waals surface area (Å²) in [5.41, 5.74) is 39.4. The summed E-state index contributed by atoms with van der Waals surface area (Å²) < 4.78 is 0. The van der Waals surface area contributed by atoms with Crippen LogP contribution in [-0.2, 0) is 62.3 Å². The maximum absolute atomic E-state index is 14.2. The van der Waals surface area contributed by atoms with Crippen molar-refractivity contribution < 1.29 is 77.6 Å². The summed E-state index contributed by atoms with van der Waals surface area (Å²) in [5, 5.41) is 50.9.